The van der Waals surface area contributed by atoms with Crippen LogP contribution >= 0.6 is 11.3 Å². The second kappa shape index (κ2) is 7.17. The van der Waals surface area contributed by atoms with E-state index in [1.54, 1.807) is 6.07 Å². The lowest BCUT2D eigenvalue weighted by atomic mass is 10.2. The van der Waals surface area contributed by atoms with Crippen LogP contribution in [0.4, 0.5) is 0 Å². The number of aliphatic hydroxyl groups is 1. The van der Waals surface area contributed by atoms with E-state index in [2.05, 4.69) is 4.72 Å². The zero-order chi connectivity index (χ0) is 15.3. The number of sulfonamides is 1. The molecule has 1 unspecified atom stereocenters. The molecule has 2 N–H and O–H groups in total. The summed E-state index contributed by atoms with van der Waals surface area (Å²) in [6.45, 7) is 2.16. The molecule has 1 aromatic carbocycles. The zero-order valence-electron chi connectivity index (χ0n) is 11.8. The molecule has 0 spiro atoms. The largest absolute Gasteiger partial charge is 0.388 e. The number of hydrogen-bond acceptors (Lipinski definition) is 4. The molecule has 114 valence electrons. The normalized spacial score (nSPS) is 13.2. The molecule has 2 aromatic rings. The summed E-state index contributed by atoms with van der Waals surface area (Å²) in [5.41, 5.74) is 1.80. The van der Waals surface area contributed by atoms with Gasteiger partial charge in [-0.3, -0.25) is 0 Å². The summed E-state index contributed by atoms with van der Waals surface area (Å²) in [6, 6.07) is 11.1. The summed E-state index contributed by atoms with van der Waals surface area (Å²) >= 11 is 1.47. The topological polar surface area (TPSA) is 66.4 Å². The lowest BCUT2D eigenvalue weighted by Gasteiger charge is -2.10. The molecule has 1 aromatic heterocycles. The molecule has 0 aliphatic rings. The van der Waals surface area contributed by atoms with E-state index in [1.165, 1.54) is 11.3 Å². The zero-order valence-corrected chi connectivity index (χ0v) is 13.5. The Balaban J connectivity index is 1.84. The first-order chi connectivity index (χ1) is 9.96. The molecule has 0 amide bonds. The Morgan fingerprint density at radius 3 is 2.76 bits per heavy atom. The standard InChI is InChI=1S/C15H19NO3S2/c1-12-4-2-5-13(10-12)11-21(18,19)16-8-7-14(17)15-6-3-9-20-15/h2-6,9-10,14,16-17H,7-8,11H2,1H3. The van der Waals surface area contributed by atoms with Gasteiger partial charge in [-0.2, -0.15) is 0 Å². The minimum absolute atomic E-state index is 0.0379. The highest BCUT2D eigenvalue weighted by Crippen LogP contribution is 2.21. The summed E-state index contributed by atoms with van der Waals surface area (Å²) in [6.07, 6.45) is -0.250. The second-order valence-corrected chi connectivity index (χ2v) is 7.75. The Labute approximate surface area is 129 Å². The van der Waals surface area contributed by atoms with E-state index in [0.717, 1.165) is 16.0 Å². The van der Waals surface area contributed by atoms with Crippen molar-refractivity contribution in [2.45, 2.75) is 25.2 Å². The Hall–Kier alpha value is -1.21. The molecule has 0 saturated carbocycles. The van der Waals surface area contributed by atoms with Gasteiger partial charge in [0, 0.05) is 11.4 Å². The van der Waals surface area contributed by atoms with Gasteiger partial charge in [0.15, 0.2) is 0 Å². The molecule has 6 heteroatoms. The third-order valence-electron chi connectivity index (χ3n) is 3.05. The van der Waals surface area contributed by atoms with E-state index in [9.17, 15) is 13.5 Å². The third kappa shape index (κ3) is 5.24. The minimum atomic E-state index is -3.37. The molecular formula is C15H19NO3S2. The second-order valence-electron chi connectivity index (χ2n) is 4.96. The predicted octanol–water partition coefficient (Wildman–Crippen LogP) is 2.60. The van der Waals surface area contributed by atoms with Crippen molar-refractivity contribution in [3.8, 4) is 0 Å². The monoisotopic (exact) mass is 325 g/mol. The number of nitrogens with one attached hydrogen (secondary N) is 1. The first kappa shape index (κ1) is 16.2. The summed E-state index contributed by atoms with van der Waals surface area (Å²) < 4.78 is 26.5. The highest BCUT2D eigenvalue weighted by molar-refractivity contribution is 7.88. The van der Waals surface area contributed by atoms with E-state index in [4.69, 9.17) is 0 Å². The van der Waals surface area contributed by atoms with Crippen molar-refractivity contribution in [1.29, 1.82) is 0 Å². The van der Waals surface area contributed by atoms with Gasteiger partial charge in [0.2, 0.25) is 10.0 Å². The molecule has 21 heavy (non-hydrogen) atoms. The van der Waals surface area contributed by atoms with Gasteiger partial charge in [-0.05, 0) is 30.4 Å². The Morgan fingerprint density at radius 1 is 1.29 bits per heavy atom. The van der Waals surface area contributed by atoms with Gasteiger partial charge >= 0.3 is 0 Å². The van der Waals surface area contributed by atoms with Crippen LogP contribution in [0.15, 0.2) is 41.8 Å². The highest BCUT2D eigenvalue weighted by Gasteiger charge is 2.13. The molecule has 0 aliphatic carbocycles. The molecule has 0 fully saturated rings. The van der Waals surface area contributed by atoms with Gasteiger partial charge in [-0.15, -0.1) is 11.3 Å². The van der Waals surface area contributed by atoms with Crippen LogP contribution in [0.3, 0.4) is 0 Å². The van der Waals surface area contributed by atoms with Crippen molar-refractivity contribution in [2.75, 3.05) is 6.54 Å². The maximum absolute atomic E-state index is 12.0. The summed E-state index contributed by atoms with van der Waals surface area (Å²) in [7, 11) is -3.37. The molecule has 0 saturated heterocycles. The molecule has 4 nitrogen and oxygen atoms in total. The lowest BCUT2D eigenvalue weighted by Crippen LogP contribution is -2.27. The van der Waals surface area contributed by atoms with Crippen molar-refractivity contribution in [3.63, 3.8) is 0 Å². The molecule has 0 bridgehead atoms. The van der Waals surface area contributed by atoms with Gasteiger partial charge in [0.1, 0.15) is 0 Å². The molecule has 0 radical (unpaired) electrons. The van der Waals surface area contributed by atoms with E-state index < -0.39 is 16.1 Å². The SMILES string of the molecule is Cc1cccc(CS(=O)(=O)NCCC(O)c2cccs2)c1. The fourth-order valence-electron chi connectivity index (χ4n) is 2.05. The van der Waals surface area contributed by atoms with Crippen LogP contribution in [0.25, 0.3) is 0 Å². The van der Waals surface area contributed by atoms with E-state index in [0.29, 0.717) is 6.42 Å². The number of aliphatic hydroxyl groups excluding tert-OH is 1. The first-order valence-corrected chi connectivity index (χ1v) is 9.24. The van der Waals surface area contributed by atoms with Crippen LogP contribution in [0.1, 0.15) is 28.5 Å². The summed E-state index contributed by atoms with van der Waals surface area (Å²) in [5, 5.41) is 11.8. The van der Waals surface area contributed by atoms with Crippen LogP contribution in [0, 0.1) is 6.92 Å². The molecule has 1 heterocycles. The van der Waals surface area contributed by atoms with Crippen molar-refractivity contribution < 1.29 is 13.5 Å². The van der Waals surface area contributed by atoms with Gasteiger partial charge < -0.3 is 5.11 Å². The fourth-order valence-corrected chi connectivity index (χ4v) is 3.94. The van der Waals surface area contributed by atoms with Gasteiger partial charge in [0.25, 0.3) is 0 Å². The Kier molecular flexibility index (Phi) is 5.52. The van der Waals surface area contributed by atoms with E-state index >= 15 is 0 Å². The van der Waals surface area contributed by atoms with Crippen LogP contribution in [0.5, 0.6) is 0 Å². The summed E-state index contributed by atoms with van der Waals surface area (Å²) in [4.78, 5) is 0.855. The van der Waals surface area contributed by atoms with Crippen molar-refractivity contribution in [2.24, 2.45) is 0 Å². The van der Waals surface area contributed by atoms with Gasteiger partial charge in [-0.25, -0.2) is 13.1 Å². The van der Waals surface area contributed by atoms with Crippen LogP contribution in [-0.4, -0.2) is 20.1 Å². The van der Waals surface area contributed by atoms with Crippen molar-refractivity contribution in [1.82, 2.24) is 4.72 Å². The Bertz CT molecular complexity index is 666. The molecule has 1 atom stereocenters. The number of thiophene rings is 1. The van der Waals surface area contributed by atoms with E-state index in [1.807, 2.05) is 42.6 Å². The third-order valence-corrected chi connectivity index (χ3v) is 5.38. The number of benzene rings is 1. The average molecular weight is 325 g/mol. The highest BCUT2D eigenvalue weighted by atomic mass is 32.2. The van der Waals surface area contributed by atoms with Crippen molar-refractivity contribution >= 4 is 21.4 Å². The number of hydrogen-bond donors (Lipinski definition) is 2. The minimum Gasteiger partial charge on any atom is -0.388 e. The Morgan fingerprint density at radius 2 is 2.10 bits per heavy atom. The van der Waals surface area contributed by atoms with Crippen LogP contribution in [0.2, 0.25) is 0 Å². The molecule has 0 aliphatic heterocycles. The van der Waals surface area contributed by atoms with Crippen LogP contribution < -0.4 is 4.72 Å². The maximum Gasteiger partial charge on any atom is 0.215 e. The smallest absolute Gasteiger partial charge is 0.215 e. The van der Waals surface area contributed by atoms with E-state index in [-0.39, 0.29) is 12.3 Å². The fraction of sp³-hybridized carbons (Fsp3) is 0.333. The van der Waals surface area contributed by atoms with Crippen molar-refractivity contribution in [3.05, 3.63) is 57.8 Å². The summed E-state index contributed by atoms with van der Waals surface area (Å²) in [5.74, 6) is -0.0379. The lowest BCUT2D eigenvalue weighted by molar-refractivity contribution is 0.173. The van der Waals surface area contributed by atoms with Crippen LogP contribution in [-0.2, 0) is 15.8 Å². The number of rotatable bonds is 7. The predicted molar refractivity (Wildman–Crippen MR) is 85.7 cm³/mol. The average Bonchev–Trinajstić information content (AvgIpc) is 2.91. The molecular weight excluding hydrogens is 306 g/mol. The quantitative estimate of drug-likeness (QED) is 0.822. The van der Waals surface area contributed by atoms with Gasteiger partial charge in [0.05, 0.1) is 11.9 Å². The van der Waals surface area contributed by atoms with Gasteiger partial charge in [-0.1, -0.05) is 35.9 Å². The molecule has 2 rings (SSSR count). The number of aryl methyl sites for hydroxylation is 1. The maximum atomic E-state index is 12.0. The first-order valence-electron chi connectivity index (χ1n) is 6.70.